The van der Waals surface area contributed by atoms with Gasteiger partial charge in [0.25, 0.3) is 5.69 Å². The summed E-state index contributed by atoms with van der Waals surface area (Å²) < 4.78 is 5.30. The van der Waals surface area contributed by atoms with Crippen LogP contribution in [-0.2, 0) is 11.3 Å². The molecule has 1 aromatic carbocycles. The smallest absolute Gasteiger partial charge is 0.292 e. The molecule has 1 aliphatic heterocycles. The van der Waals surface area contributed by atoms with Crippen LogP contribution in [0, 0.1) is 10.1 Å². The summed E-state index contributed by atoms with van der Waals surface area (Å²) in [5.74, 6) is 0. The molecule has 2 rings (SSSR count). The average molecular weight is 279 g/mol. The zero-order valence-corrected chi connectivity index (χ0v) is 11.8. The summed E-state index contributed by atoms with van der Waals surface area (Å²) >= 11 is 0. The van der Waals surface area contributed by atoms with Gasteiger partial charge in [0, 0.05) is 32.2 Å². The van der Waals surface area contributed by atoms with Gasteiger partial charge in [-0.1, -0.05) is 13.0 Å². The molecule has 1 aliphatic rings. The fraction of sp³-hybridized carbons (Fsp3) is 0.571. The van der Waals surface area contributed by atoms with Gasteiger partial charge in [0.1, 0.15) is 5.69 Å². The number of nitrogens with one attached hydrogen (secondary N) is 1. The molecule has 0 aliphatic carbocycles. The minimum absolute atomic E-state index is 0.157. The lowest BCUT2D eigenvalue weighted by Gasteiger charge is -2.26. The molecule has 0 radical (unpaired) electrons. The largest absolute Gasteiger partial charge is 0.380 e. The Hall–Kier alpha value is -1.66. The van der Waals surface area contributed by atoms with Crippen LogP contribution >= 0.6 is 0 Å². The number of nitrogens with zero attached hydrogens (tertiary/aromatic N) is 2. The van der Waals surface area contributed by atoms with Crippen molar-refractivity contribution in [2.45, 2.75) is 19.9 Å². The molecule has 0 atom stereocenters. The predicted molar refractivity (Wildman–Crippen MR) is 78.0 cm³/mol. The third-order valence-corrected chi connectivity index (χ3v) is 3.33. The minimum Gasteiger partial charge on any atom is -0.380 e. The van der Waals surface area contributed by atoms with Crippen molar-refractivity contribution < 1.29 is 9.66 Å². The number of benzene rings is 1. The Kier molecular flexibility index (Phi) is 5.31. The maximum absolute atomic E-state index is 11.2. The molecule has 0 bridgehead atoms. The number of nitro benzene ring substituents is 1. The SMILES string of the molecule is CCCNc1ccc(CN2CCOCC2)cc1[N+](=O)[O-]. The van der Waals surface area contributed by atoms with Gasteiger partial charge in [-0.15, -0.1) is 0 Å². The molecular formula is C14H21N3O3. The van der Waals surface area contributed by atoms with Crippen LogP contribution in [0.15, 0.2) is 18.2 Å². The number of hydrogen-bond donors (Lipinski definition) is 1. The molecule has 6 nitrogen and oxygen atoms in total. The summed E-state index contributed by atoms with van der Waals surface area (Å²) in [5, 5.41) is 14.3. The Morgan fingerprint density at radius 2 is 2.15 bits per heavy atom. The summed E-state index contributed by atoms with van der Waals surface area (Å²) in [6.45, 7) is 6.73. The molecule has 1 aromatic rings. The first-order valence-corrected chi connectivity index (χ1v) is 7.02. The highest BCUT2D eigenvalue weighted by molar-refractivity contribution is 5.62. The van der Waals surface area contributed by atoms with E-state index >= 15 is 0 Å². The van der Waals surface area contributed by atoms with Crippen molar-refractivity contribution in [1.82, 2.24) is 4.90 Å². The van der Waals surface area contributed by atoms with Crippen LogP contribution in [0.25, 0.3) is 0 Å². The van der Waals surface area contributed by atoms with E-state index in [2.05, 4.69) is 10.2 Å². The molecule has 1 fully saturated rings. The van der Waals surface area contributed by atoms with E-state index in [4.69, 9.17) is 4.74 Å². The number of ether oxygens (including phenoxy) is 1. The number of hydrogen-bond acceptors (Lipinski definition) is 5. The standard InChI is InChI=1S/C14H21N3O3/c1-2-5-15-13-4-3-12(10-14(13)17(18)19)11-16-6-8-20-9-7-16/h3-4,10,15H,2,5-9,11H2,1H3. The summed E-state index contributed by atoms with van der Waals surface area (Å²) in [7, 11) is 0. The number of morpholine rings is 1. The molecule has 20 heavy (non-hydrogen) atoms. The quantitative estimate of drug-likeness (QED) is 0.639. The molecular weight excluding hydrogens is 258 g/mol. The van der Waals surface area contributed by atoms with Gasteiger partial charge in [0.05, 0.1) is 18.1 Å². The highest BCUT2D eigenvalue weighted by Gasteiger charge is 2.16. The molecule has 6 heteroatoms. The molecule has 0 aromatic heterocycles. The van der Waals surface area contributed by atoms with Crippen LogP contribution in [0.5, 0.6) is 0 Å². The Labute approximate surface area is 118 Å². The molecule has 1 heterocycles. The van der Waals surface area contributed by atoms with E-state index < -0.39 is 0 Å². The maximum atomic E-state index is 11.2. The number of anilines is 1. The topological polar surface area (TPSA) is 67.6 Å². The molecule has 1 saturated heterocycles. The van der Waals surface area contributed by atoms with Crippen LogP contribution in [0.4, 0.5) is 11.4 Å². The van der Waals surface area contributed by atoms with Gasteiger partial charge in [-0.3, -0.25) is 15.0 Å². The third kappa shape index (κ3) is 3.91. The summed E-state index contributed by atoms with van der Waals surface area (Å²) in [6.07, 6.45) is 0.937. The Morgan fingerprint density at radius 3 is 2.80 bits per heavy atom. The van der Waals surface area contributed by atoms with Gasteiger partial charge in [0.15, 0.2) is 0 Å². The van der Waals surface area contributed by atoms with Gasteiger partial charge in [-0.05, 0) is 18.1 Å². The zero-order chi connectivity index (χ0) is 14.4. The first kappa shape index (κ1) is 14.7. The van der Waals surface area contributed by atoms with Gasteiger partial charge >= 0.3 is 0 Å². The van der Waals surface area contributed by atoms with E-state index in [1.54, 1.807) is 6.07 Å². The normalized spacial score (nSPS) is 16.1. The Morgan fingerprint density at radius 1 is 1.40 bits per heavy atom. The fourth-order valence-corrected chi connectivity index (χ4v) is 2.25. The maximum Gasteiger partial charge on any atom is 0.292 e. The van der Waals surface area contributed by atoms with Crippen LogP contribution in [0.2, 0.25) is 0 Å². The van der Waals surface area contributed by atoms with E-state index in [0.717, 1.165) is 51.4 Å². The van der Waals surface area contributed by atoms with Crippen LogP contribution < -0.4 is 5.32 Å². The molecule has 0 amide bonds. The van der Waals surface area contributed by atoms with Crippen molar-refractivity contribution >= 4 is 11.4 Å². The molecule has 110 valence electrons. The van der Waals surface area contributed by atoms with Crippen molar-refractivity contribution in [3.63, 3.8) is 0 Å². The third-order valence-electron chi connectivity index (χ3n) is 3.33. The minimum atomic E-state index is -0.319. The first-order valence-electron chi connectivity index (χ1n) is 7.02. The highest BCUT2D eigenvalue weighted by atomic mass is 16.6. The van der Waals surface area contributed by atoms with E-state index in [1.165, 1.54) is 0 Å². The van der Waals surface area contributed by atoms with Crippen LogP contribution in [0.1, 0.15) is 18.9 Å². The van der Waals surface area contributed by atoms with Crippen LogP contribution in [0.3, 0.4) is 0 Å². The van der Waals surface area contributed by atoms with E-state index in [-0.39, 0.29) is 10.6 Å². The second kappa shape index (κ2) is 7.21. The van der Waals surface area contributed by atoms with E-state index in [1.807, 2.05) is 19.1 Å². The number of rotatable bonds is 6. The monoisotopic (exact) mass is 279 g/mol. The van der Waals surface area contributed by atoms with E-state index in [0.29, 0.717) is 5.69 Å². The van der Waals surface area contributed by atoms with Crippen molar-refractivity contribution in [3.05, 3.63) is 33.9 Å². The van der Waals surface area contributed by atoms with Gasteiger partial charge < -0.3 is 10.1 Å². The van der Waals surface area contributed by atoms with Gasteiger partial charge in [0.2, 0.25) is 0 Å². The molecule has 0 unspecified atom stereocenters. The Balaban J connectivity index is 2.09. The van der Waals surface area contributed by atoms with Crippen LogP contribution in [-0.4, -0.2) is 42.7 Å². The van der Waals surface area contributed by atoms with Gasteiger partial charge in [-0.2, -0.15) is 0 Å². The molecule has 0 spiro atoms. The second-order valence-corrected chi connectivity index (χ2v) is 4.92. The summed E-state index contributed by atoms with van der Waals surface area (Å²) in [4.78, 5) is 13.1. The average Bonchev–Trinajstić information content (AvgIpc) is 2.47. The predicted octanol–water partition coefficient (Wildman–Crippen LogP) is 2.25. The lowest BCUT2D eigenvalue weighted by molar-refractivity contribution is -0.384. The summed E-state index contributed by atoms with van der Waals surface area (Å²) in [6, 6.07) is 5.44. The van der Waals surface area contributed by atoms with Crippen molar-refractivity contribution in [1.29, 1.82) is 0 Å². The first-order chi connectivity index (χ1) is 9.70. The van der Waals surface area contributed by atoms with Crippen molar-refractivity contribution in [2.75, 3.05) is 38.2 Å². The number of nitro groups is 1. The fourth-order valence-electron chi connectivity index (χ4n) is 2.25. The zero-order valence-electron chi connectivity index (χ0n) is 11.8. The van der Waals surface area contributed by atoms with Crippen molar-refractivity contribution in [2.24, 2.45) is 0 Å². The molecule has 0 saturated carbocycles. The Bertz CT molecular complexity index is 459. The lowest BCUT2D eigenvalue weighted by atomic mass is 10.1. The highest BCUT2D eigenvalue weighted by Crippen LogP contribution is 2.26. The second-order valence-electron chi connectivity index (χ2n) is 4.92. The molecule has 1 N–H and O–H groups in total. The van der Waals surface area contributed by atoms with Gasteiger partial charge in [-0.25, -0.2) is 0 Å². The van der Waals surface area contributed by atoms with E-state index in [9.17, 15) is 10.1 Å². The summed E-state index contributed by atoms with van der Waals surface area (Å²) in [5.41, 5.74) is 1.73. The lowest BCUT2D eigenvalue weighted by Crippen LogP contribution is -2.35. The van der Waals surface area contributed by atoms with Crippen molar-refractivity contribution in [3.8, 4) is 0 Å².